The molecule has 2 heterocycles. The highest BCUT2D eigenvalue weighted by Gasteiger charge is 2.40. The number of fused-ring (bicyclic) bond motifs is 3. The van der Waals surface area contributed by atoms with Gasteiger partial charge in [-0.2, -0.15) is 0 Å². The number of nitrogens with one attached hydrogen (secondary N) is 1. The molecule has 2 aromatic rings. The molecule has 2 aromatic carbocycles. The van der Waals surface area contributed by atoms with Gasteiger partial charge < -0.3 is 10.2 Å². The maximum atomic E-state index is 13.6. The first kappa shape index (κ1) is 18.4. The van der Waals surface area contributed by atoms with Crippen LogP contribution >= 0.6 is 0 Å². The molecule has 27 heavy (non-hydrogen) atoms. The Kier molecular flexibility index (Phi) is 4.51. The summed E-state index contributed by atoms with van der Waals surface area (Å²) in [6, 6.07) is 11.7. The second-order valence-electron chi connectivity index (χ2n) is 7.91. The summed E-state index contributed by atoms with van der Waals surface area (Å²) in [5.74, 6) is -0.255. The largest absolute Gasteiger partial charge is 0.371 e. The summed E-state index contributed by atoms with van der Waals surface area (Å²) in [6.07, 6.45) is 1.99. The smallest absolute Gasteiger partial charge is 0.206 e. The van der Waals surface area contributed by atoms with E-state index < -0.39 is 15.7 Å². The number of rotatable bonds is 2. The van der Waals surface area contributed by atoms with Gasteiger partial charge in [0.15, 0.2) is 0 Å². The van der Waals surface area contributed by atoms with Gasteiger partial charge in [-0.15, -0.1) is 0 Å². The van der Waals surface area contributed by atoms with Crippen LogP contribution in [0.1, 0.15) is 38.2 Å². The third-order valence-electron chi connectivity index (χ3n) is 5.93. The molecule has 0 aromatic heterocycles. The fourth-order valence-corrected chi connectivity index (χ4v) is 6.04. The van der Waals surface area contributed by atoms with E-state index in [1.54, 1.807) is 12.1 Å². The highest BCUT2D eigenvalue weighted by Crippen LogP contribution is 2.46. The molecule has 0 saturated carbocycles. The van der Waals surface area contributed by atoms with Crippen LogP contribution in [0.15, 0.2) is 52.3 Å². The number of sulfone groups is 1. The zero-order valence-electron chi connectivity index (χ0n) is 15.8. The van der Waals surface area contributed by atoms with Crippen molar-refractivity contribution < 1.29 is 12.8 Å². The van der Waals surface area contributed by atoms with Crippen molar-refractivity contribution >= 4 is 15.5 Å². The molecule has 1 saturated heterocycles. The molecule has 0 radical (unpaired) electrons. The molecule has 0 spiro atoms. The first-order valence-electron chi connectivity index (χ1n) is 9.41. The molecule has 2 aliphatic rings. The minimum atomic E-state index is -3.75. The number of nitrogens with zero attached hydrogens (tertiary/aromatic N) is 1. The lowest BCUT2D eigenvalue weighted by Crippen LogP contribution is -2.36. The van der Waals surface area contributed by atoms with Gasteiger partial charge in [-0.3, -0.25) is 0 Å². The third-order valence-corrected chi connectivity index (χ3v) is 7.68. The molecule has 4 rings (SSSR count). The van der Waals surface area contributed by atoms with Crippen LogP contribution in [0.2, 0.25) is 0 Å². The van der Waals surface area contributed by atoms with Gasteiger partial charge in [0.05, 0.1) is 9.79 Å². The Labute approximate surface area is 160 Å². The molecule has 0 amide bonds. The maximum Gasteiger partial charge on any atom is 0.206 e. The monoisotopic (exact) mass is 388 g/mol. The first-order valence-corrected chi connectivity index (χ1v) is 10.9. The van der Waals surface area contributed by atoms with E-state index in [0.29, 0.717) is 24.0 Å². The van der Waals surface area contributed by atoms with E-state index in [1.165, 1.54) is 18.2 Å². The lowest BCUT2D eigenvalue weighted by molar-refractivity contribution is 0.466. The summed E-state index contributed by atoms with van der Waals surface area (Å²) in [4.78, 5) is 2.52. The molecule has 2 aliphatic heterocycles. The van der Waals surface area contributed by atoms with Crippen LogP contribution in [-0.2, 0) is 9.84 Å². The van der Waals surface area contributed by atoms with Crippen molar-refractivity contribution in [1.82, 2.24) is 5.32 Å². The highest BCUT2D eigenvalue weighted by atomic mass is 32.2. The third kappa shape index (κ3) is 3.15. The van der Waals surface area contributed by atoms with E-state index in [1.807, 2.05) is 6.07 Å². The number of hydrogen-bond acceptors (Lipinski definition) is 4. The van der Waals surface area contributed by atoms with Gasteiger partial charge >= 0.3 is 0 Å². The number of hydrogen-bond donors (Lipinski definition) is 1. The van der Waals surface area contributed by atoms with Gasteiger partial charge in [-0.1, -0.05) is 6.07 Å². The van der Waals surface area contributed by atoms with Crippen molar-refractivity contribution in [3.8, 4) is 0 Å². The minimum Gasteiger partial charge on any atom is -0.371 e. The molecular formula is C21H25FN2O2S. The van der Waals surface area contributed by atoms with E-state index >= 15 is 0 Å². The van der Waals surface area contributed by atoms with Gasteiger partial charge in [-0.25, -0.2) is 12.8 Å². The molecule has 6 heteroatoms. The van der Waals surface area contributed by atoms with Crippen molar-refractivity contribution in [3.05, 3.63) is 53.8 Å². The predicted octanol–water partition coefficient (Wildman–Crippen LogP) is 3.72. The van der Waals surface area contributed by atoms with E-state index in [9.17, 15) is 12.8 Å². The van der Waals surface area contributed by atoms with Crippen molar-refractivity contribution in [3.63, 3.8) is 0 Å². The summed E-state index contributed by atoms with van der Waals surface area (Å²) < 4.78 is 39.6. The quantitative estimate of drug-likeness (QED) is 0.852. The van der Waals surface area contributed by atoms with Gasteiger partial charge in [0.2, 0.25) is 9.84 Å². The number of halogens is 1. The van der Waals surface area contributed by atoms with Crippen LogP contribution in [0.4, 0.5) is 10.1 Å². The van der Waals surface area contributed by atoms with Gasteiger partial charge in [0.25, 0.3) is 0 Å². The lowest BCUT2D eigenvalue weighted by atomic mass is 9.88. The standard InChI is InChI=1S/C21H25FN2O2S/c1-13-9-18-19-12-17(27(25,26)16-6-4-5-15(22)11-16)7-8-20(19)24(3)21(18)10-14(2)23-13/h4-8,11-14,18,21,23H,9-10H2,1-3H3/t13?,14?,18?,21-/m1/s1. The summed E-state index contributed by atoms with van der Waals surface area (Å²) in [7, 11) is -1.66. The van der Waals surface area contributed by atoms with Crippen LogP contribution in [0.5, 0.6) is 0 Å². The van der Waals surface area contributed by atoms with Crippen molar-refractivity contribution in [2.75, 3.05) is 11.9 Å². The molecule has 1 fully saturated rings. The molecule has 144 valence electrons. The van der Waals surface area contributed by atoms with Crippen LogP contribution in [-0.4, -0.2) is 33.6 Å². The van der Waals surface area contributed by atoms with Crippen molar-refractivity contribution in [2.24, 2.45) is 0 Å². The summed E-state index contributed by atoms with van der Waals surface area (Å²) in [5.41, 5.74) is 2.19. The van der Waals surface area contributed by atoms with E-state index in [-0.39, 0.29) is 9.79 Å². The Bertz CT molecular complexity index is 976. The predicted molar refractivity (Wildman–Crippen MR) is 105 cm³/mol. The normalized spacial score (nSPS) is 27.8. The molecular weight excluding hydrogens is 363 g/mol. The average molecular weight is 389 g/mol. The van der Waals surface area contributed by atoms with Crippen molar-refractivity contribution in [2.45, 2.75) is 60.5 Å². The first-order chi connectivity index (χ1) is 12.8. The van der Waals surface area contributed by atoms with Gasteiger partial charge in [0.1, 0.15) is 5.82 Å². The average Bonchev–Trinajstić information content (AvgIpc) is 2.76. The van der Waals surface area contributed by atoms with Crippen LogP contribution < -0.4 is 10.2 Å². The fourth-order valence-electron chi connectivity index (χ4n) is 4.72. The van der Waals surface area contributed by atoms with E-state index in [4.69, 9.17) is 0 Å². The molecule has 0 bridgehead atoms. The second-order valence-corrected chi connectivity index (χ2v) is 9.86. The molecule has 4 nitrogen and oxygen atoms in total. The molecule has 0 aliphatic carbocycles. The Hall–Kier alpha value is -1.92. The summed E-state index contributed by atoms with van der Waals surface area (Å²) >= 11 is 0. The van der Waals surface area contributed by atoms with Crippen LogP contribution in [0.25, 0.3) is 0 Å². The topological polar surface area (TPSA) is 49.4 Å². The molecule has 4 atom stereocenters. The van der Waals surface area contributed by atoms with Gasteiger partial charge in [0, 0.05) is 36.8 Å². The Morgan fingerprint density at radius 1 is 1.04 bits per heavy atom. The van der Waals surface area contributed by atoms with E-state index in [2.05, 4.69) is 31.1 Å². The van der Waals surface area contributed by atoms with Crippen LogP contribution in [0, 0.1) is 5.82 Å². The Morgan fingerprint density at radius 2 is 1.74 bits per heavy atom. The number of likely N-dealkylation sites (N-methyl/N-ethyl adjacent to an activating group) is 1. The zero-order valence-corrected chi connectivity index (χ0v) is 16.6. The number of benzene rings is 2. The second kappa shape index (κ2) is 6.60. The summed E-state index contributed by atoms with van der Waals surface area (Å²) in [5, 5.41) is 3.61. The minimum absolute atomic E-state index is 0.00475. The number of anilines is 1. The Balaban J connectivity index is 1.78. The zero-order chi connectivity index (χ0) is 19.3. The highest BCUT2D eigenvalue weighted by molar-refractivity contribution is 7.91. The summed E-state index contributed by atoms with van der Waals surface area (Å²) in [6.45, 7) is 4.39. The lowest BCUT2D eigenvalue weighted by Gasteiger charge is -2.26. The van der Waals surface area contributed by atoms with Crippen molar-refractivity contribution in [1.29, 1.82) is 0 Å². The maximum absolute atomic E-state index is 13.6. The van der Waals surface area contributed by atoms with E-state index in [0.717, 1.165) is 30.2 Å². The van der Waals surface area contributed by atoms with Gasteiger partial charge in [-0.05, 0) is 68.7 Å². The molecule has 1 N–H and O–H groups in total. The SMILES string of the molecule is CC1CC2c3cc(S(=O)(=O)c4cccc(F)c4)ccc3N(C)[C@@H]2CC(C)N1. The molecule has 3 unspecified atom stereocenters. The van der Waals surface area contributed by atoms with Crippen LogP contribution in [0.3, 0.4) is 0 Å². The Morgan fingerprint density at radius 3 is 2.48 bits per heavy atom. The fraction of sp³-hybridized carbons (Fsp3) is 0.429.